The number of ketones is 2. The van der Waals surface area contributed by atoms with E-state index in [2.05, 4.69) is 9.80 Å². The van der Waals surface area contributed by atoms with Gasteiger partial charge in [0, 0.05) is 35.3 Å². The molecule has 0 aromatic heterocycles. The lowest BCUT2D eigenvalue weighted by Crippen LogP contribution is -2.33. The summed E-state index contributed by atoms with van der Waals surface area (Å²) in [7, 11) is 0. The molecule has 0 unspecified atom stereocenters. The van der Waals surface area contributed by atoms with Gasteiger partial charge in [-0.25, -0.2) is 0 Å². The molecule has 5 rings (SSSR count). The van der Waals surface area contributed by atoms with Crippen LogP contribution >= 0.6 is 24.8 Å². The highest BCUT2D eigenvalue weighted by Gasteiger charge is 2.30. The van der Waals surface area contributed by atoms with Gasteiger partial charge in [0.1, 0.15) is 24.7 Å². The van der Waals surface area contributed by atoms with E-state index in [-0.39, 0.29) is 36.4 Å². The molecule has 2 aromatic rings. The van der Waals surface area contributed by atoms with Crippen molar-refractivity contribution in [1.82, 2.24) is 9.80 Å². The quantitative estimate of drug-likeness (QED) is 0.403. The molecule has 36 heavy (non-hydrogen) atoms. The molecular formula is C28H36Cl2N2O4. The first-order chi connectivity index (χ1) is 16.7. The van der Waals surface area contributed by atoms with E-state index < -0.39 is 0 Å². The van der Waals surface area contributed by atoms with Gasteiger partial charge in [-0.2, -0.15) is 0 Å². The highest BCUT2D eigenvalue weighted by molar-refractivity contribution is 6.28. The molecule has 8 heteroatoms. The number of ether oxygens (including phenoxy) is 2. The largest absolute Gasteiger partial charge is 0.492 e. The van der Waals surface area contributed by atoms with Crippen LogP contribution in [0.2, 0.25) is 0 Å². The van der Waals surface area contributed by atoms with Crippen molar-refractivity contribution in [3.63, 3.8) is 0 Å². The summed E-state index contributed by atoms with van der Waals surface area (Å²) < 4.78 is 11.9. The molecule has 1 aliphatic carbocycles. The predicted octanol–water partition coefficient (Wildman–Crippen LogP) is 5.04. The third-order valence-electron chi connectivity index (χ3n) is 7.21. The number of likely N-dealkylation sites (tertiary alicyclic amines) is 2. The van der Waals surface area contributed by atoms with Crippen LogP contribution in [0.4, 0.5) is 0 Å². The number of hydrogen-bond donors (Lipinski definition) is 0. The van der Waals surface area contributed by atoms with Crippen molar-refractivity contribution in [1.29, 1.82) is 0 Å². The second-order valence-electron chi connectivity index (χ2n) is 9.57. The van der Waals surface area contributed by atoms with Crippen LogP contribution in [0.5, 0.6) is 11.5 Å². The van der Waals surface area contributed by atoms with E-state index in [9.17, 15) is 9.59 Å². The average molecular weight is 536 g/mol. The fourth-order valence-electron chi connectivity index (χ4n) is 5.24. The number of halogens is 2. The Morgan fingerprint density at radius 2 is 0.944 bits per heavy atom. The van der Waals surface area contributed by atoms with Crippen LogP contribution in [0.3, 0.4) is 0 Å². The highest BCUT2D eigenvalue weighted by atomic mass is 35.5. The zero-order valence-corrected chi connectivity index (χ0v) is 22.3. The Balaban J connectivity index is 0.00000180. The third-order valence-corrected chi connectivity index (χ3v) is 7.21. The fraction of sp³-hybridized carbons (Fsp3) is 0.500. The van der Waals surface area contributed by atoms with Crippen LogP contribution in [0.15, 0.2) is 36.4 Å². The molecule has 3 aliphatic rings. The molecular weight excluding hydrogens is 499 g/mol. The smallest absolute Gasteiger partial charge is 0.194 e. The number of hydrogen-bond acceptors (Lipinski definition) is 6. The van der Waals surface area contributed by atoms with Crippen LogP contribution in [0.1, 0.15) is 70.4 Å². The Kier molecular flexibility index (Phi) is 10.6. The van der Waals surface area contributed by atoms with Crippen molar-refractivity contribution in [3.8, 4) is 11.5 Å². The van der Waals surface area contributed by atoms with E-state index in [0.29, 0.717) is 47.0 Å². The van der Waals surface area contributed by atoms with E-state index in [1.54, 1.807) is 36.4 Å². The number of benzene rings is 2. The zero-order chi connectivity index (χ0) is 23.3. The number of rotatable bonds is 8. The molecule has 2 aliphatic heterocycles. The van der Waals surface area contributed by atoms with Crippen LogP contribution in [0.25, 0.3) is 0 Å². The van der Waals surface area contributed by atoms with E-state index in [0.717, 1.165) is 39.3 Å². The molecule has 2 aromatic carbocycles. The van der Waals surface area contributed by atoms with Crippen molar-refractivity contribution >= 4 is 36.4 Å². The molecule has 0 bridgehead atoms. The summed E-state index contributed by atoms with van der Waals surface area (Å²) in [6.07, 6.45) is 7.62. The van der Waals surface area contributed by atoms with Crippen LogP contribution in [-0.2, 0) is 0 Å². The van der Waals surface area contributed by atoms with Gasteiger partial charge in [-0.1, -0.05) is 12.8 Å². The first kappa shape index (κ1) is 28.5. The maximum atomic E-state index is 13.3. The molecule has 2 fully saturated rings. The van der Waals surface area contributed by atoms with Crippen molar-refractivity contribution in [2.75, 3.05) is 52.5 Å². The van der Waals surface area contributed by atoms with Gasteiger partial charge in [0.25, 0.3) is 0 Å². The molecule has 0 saturated carbocycles. The first-order valence-corrected chi connectivity index (χ1v) is 12.8. The fourth-order valence-corrected chi connectivity index (χ4v) is 5.24. The lowest BCUT2D eigenvalue weighted by molar-refractivity contribution is 0.0978. The van der Waals surface area contributed by atoms with Gasteiger partial charge < -0.3 is 9.47 Å². The minimum absolute atomic E-state index is 0. The molecule has 2 saturated heterocycles. The number of fused-ring (bicyclic) bond motifs is 2. The summed E-state index contributed by atoms with van der Waals surface area (Å²) in [6.45, 7) is 7.41. The SMILES string of the molecule is Cl.Cl.O=C1c2ccc(OCCN3CCCCC3)cc2C(=O)c2cc(OCCN3CCCCC3)ccc21. The molecule has 0 radical (unpaired) electrons. The minimum Gasteiger partial charge on any atom is -0.492 e. The number of nitrogens with zero attached hydrogens (tertiary/aromatic N) is 2. The van der Waals surface area contributed by atoms with Gasteiger partial charge in [-0.05, 0) is 88.3 Å². The second-order valence-corrected chi connectivity index (χ2v) is 9.57. The van der Waals surface area contributed by atoms with Gasteiger partial charge in [0.2, 0.25) is 0 Å². The van der Waals surface area contributed by atoms with Gasteiger partial charge >= 0.3 is 0 Å². The van der Waals surface area contributed by atoms with E-state index >= 15 is 0 Å². The Bertz CT molecular complexity index is 970. The van der Waals surface area contributed by atoms with Crippen molar-refractivity contribution in [3.05, 3.63) is 58.7 Å². The normalized spacial score (nSPS) is 17.9. The number of piperidine rings is 2. The standard InChI is InChI=1S/C28H34N2O4.2ClH/c31-27-23-9-7-21(33-17-15-29-11-3-1-4-12-29)19-25(23)28(32)26-20-22(8-10-24(26)27)34-18-16-30-13-5-2-6-14-30;;/h7-10,19-20H,1-6,11-18H2;2*1H. The van der Waals surface area contributed by atoms with Crippen LogP contribution in [-0.4, -0.2) is 73.8 Å². The zero-order valence-electron chi connectivity index (χ0n) is 20.7. The number of carbonyl (C=O) groups excluding carboxylic acids is 2. The van der Waals surface area contributed by atoms with E-state index in [1.165, 1.54) is 38.5 Å². The lowest BCUT2D eigenvalue weighted by Gasteiger charge is -2.26. The van der Waals surface area contributed by atoms with Crippen molar-refractivity contribution < 1.29 is 19.1 Å². The number of carbonyl (C=O) groups is 2. The minimum atomic E-state index is -0.146. The lowest BCUT2D eigenvalue weighted by atomic mass is 9.84. The maximum Gasteiger partial charge on any atom is 0.194 e. The second kappa shape index (κ2) is 13.4. The van der Waals surface area contributed by atoms with Gasteiger partial charge in [0.05, 0.1) is 0 Å². The van der Waals surface area contributed by atoms with Crippen molar-refractivity contribution in [2.45, 2.75) is 38.5 Å². The van der Waals surface area contributed by atoms with Gasteiger partial charge in [-0.15, -0.1) is 24.8 Å². The first-order valence-electron chi connectivity index (χ1n) is 12.8. The van der Waals surface area contributed by atoms with Crippen molar-refractivity contribution in [2.24, 2.45) is 0 Å². The molecule has 196 valence electrons. The monoisotopic (exact) mass is 534 g/mol. The van der Waals surface area contributed by atoms with Gasteiger partial charge in [0.15, 0.2) is 11.6 Å². The van der Waals surface area contributed by atoms with Crippen LogP contribution < -0.4 is 9.47 Å². The Morgan fingerprint density at radius 1 is 0.556 bits per heavy atom. The summed E-state index contributed by atoms with van der Waals surface area (Å²) in [5.41, 5.74) is 1.72. The highest BCUT2D eigenvalue weighted by Crippen LogP contribution is 2.32. The molecule has 0 atom stereocenters. The van der Waals surface area contributed by atoms with Crippen LogP contribution in [0, 0.1) is 0 Å². The van der Waals surface area contributed by atoms with Gasteiger partial charge in [-0.3, -0.25) is 19.4 Å². The van der Waals surface area contributed by atoms with E-state index in [1.807, 2.05) is 0 Å². The molecule has 0 N–H and O–H groups in total. The summed E-state index contributed by atoms with van der Waals surface area (Å²) in [4.78, 5) is 31.2. The predicted molar refractivity (Wildman–Crippen MR) is 146 cm³/mol. The molecule has 6 nitrogen and oxygen atoms in total. The summed E-state index contributed by atoms with van der Waals surface area (Å²) in [5, 5.41) is 0. The Hall–Kier alpha value is -2.12. The van der Waals surface area contributed by atoms with E-state index in [4.69, 9.17) is 9.47 Å². The summed E-state index contributed by atoms with van der Waals surface area (Å²) in [5.74, 6) is 1.00. The molecule has 0 amide bonds. The molecule has 0 spiro atoms. The Labute approximate surface area is 226 Å². The average Bonchev–Trinajstić information content (AvgIpc) is 2.88. The third kappa shape index (κ3) is 6.60. The maximum absolute atomic E-state index is 13.3. The molecule has 2 heterocycles. The summed E-state index contributed by atoms with van der Waals surface area (Å²) >= 11 is 0. The topological polar surface area (TPSA) is 59.1 Å². The Morgan fingerprint density at radius 3 is 1.36 bits per heavy atom. The summed E-state index contributed by atoms with van der Waals surface area (Å²) in [6, 6.07) is 10.5.